The van der Waals surface area contributed by atoms with Crippen LogP contribution in [0.2, 0.25) is 0 Å². The summed E-state index contributed by atoms with van der Waals surface area (Å²) in [4.78, 5) is 26.8. The average Bonchev–Trinajstić information content (AvgIpc) is 3.26. The molecule has 2 aromatic carbocycles. The predicted octanol–water partition coefficient (Wildman–Crippen LogP) is 3.18. The van der Waals surface area contributed by atoms with Crippen LogP contribution >= 0.6 is 0 Å². The van der Waals surface area contributed by atoms with Crippen LogP contribution in [0.1, 0.15) is 24.0 Å². The van der Waals surface area contributed by atoms with E-state index in [1.807, 2.05) is 0 Å². The first-order valence-electron chi connectivity index (χ1n) is 9.80. The smallest absolute Gasteiger partial charge is 0.246 e. The second kappa shape index (κ2) is 8.70. The number of amides is 2. The molecular formula is C23H21N3O4. The summed E-state index contributed by atoms with van der Waals surface area (Å²) < 4.78 is 10.6. The number of nitrogens with one attached hydrogen (secondary N) is 1. The molecule has 4 rings (SSSR count). The Morgan fingerprint density at radius 2 is 1.80 bits per heavy atom. The Kier molecular flexibility index (Phi) is 5.66. The standard InChI is InChI=1S/C23H21N3O4/c24-14-17-3-1-16(2-4-17)5-8-22(27)26-11-9-18(10-12-26)23(28)25-19-6-7-20-21(13-19)30-15-29-20/h1-8,13,18H,9-12,15H2,(H,25,28). The number of ether oxygens (including phenoxy) is 2. The lowest BCUT2D eigenvalue weighted by molar-refractivity contribution is -0.130. The van der Waals surface area contributed by atoms with Gasteiger partial charge in [0.25, 0.3) is 0 Å². The summed E-state index contributed by atoms with van der Waals surface area (Å²) >= 11 is 0. The summed E-state index contributed by atoms with van der Waals surface area (Å²) in [6.07, 6.45) is 4.51. The Morgan fingerprint density at radius 1 is 1.07 bits per heavy atom. The first kappa shape index (κ1) is 19.5. The largest absolute Gasteiger partial charge is 0.454 e. The Balaban J connectivity index is 1.27. The van der Waals surface area contributed by atoms with Gasteiger partial charge in [0, 0.05) is 36.8 Å². The van der Waals surface area contributed by atoms with Gasteiger partial charge in [0.05, 0.1) is 11.6 Å². The Hall–Kier alpha value is -3.79. The molecule has 152 valence electrons. The van der Waals surface area contributed by atoms with Crippen LogP contribution in [0.4, 0.5) is 5.69 Å². The molecule has 0 spiro atoms. The van der Waals surface area contributed by atoms with Crippen LogP contribution in [0, 0.1) is 17.2 Å². The number of hydrogen-bond donors (Lipinski definition) is 1. The van der Waals surface area contributed by atoms with Gasteiger partial charge in [-0.25, -0.2) is 0 Å². The van der Waals surface area contributed by atoms with Gasteiger partial charge in [-0.1, -0.05) is 12.1 Å². The molecule has 7 heteroatoms. The maximum Gasteiger partial charge on any atom is 0.246 e. The van der Waals surface area contributed by atoms with E-state index in [0.29, 0.717) is 48.7 Å². The minimum atomic E-state index is -0.137. The van der Waals surface area contributed by atoms with Crippen molar-refractivity contribution in [2.75, 3.05) is 25.2 Å². The summed E-state index contributed by atoms with van der Waals surface area (Å²) in [7, 11) is 0. The molecule has 0 unspecified atom stereocenters. The van der Waals surface area contributed by atoms with E-state index in [0.717, 1.165) is 5.56 Å². The first-order chi connectivity index (χ1) is 14.6. The van der Waals surface area contributed by atoms with E-state index in [2.05, 4.69) is 11.4 Å². The van der Waals surface area contributed by atoms with Crippen LogP contribution in [-0.2, 0) is 9.59 Å². The third kappa shape index (κ3) is 4.44. The van der Waals surface area contributed by atoms with Crippen molar-refractivity contribution in [3.63, 3.8) is 0 Å². The number of hydrogen-bond acceptors (Lipinski definition) is 5. The molecule has 2 aliphatic heterocycles. The monoisotopic (exact) mass is 403 g/mol. The molecule has 30 heavy (non-hydrogen) atoms. The van der Waals surface area contributed by atoms with Crippen molar-refractivity contribution in [1.82, 2.24) is 4.90 Å². The zero-order valence-electron chi connectivity index (χ0n) is 16.3. The SMILES string of the molecule is N#Cc1ccc(C=CC(=O)N2CCC(C(=O)Nc3ccc4c(c3)OCO4)CC2)cc1. The van der Waals surface area contributed by atoms with Crippen LogP contribution < -0.4 is 14.8 Å². The third-order valence-corrected chi connectivity index (χ3v) is 5.28. The maximum absolute atomic E-state index is 12.6. The van der Waals surface area contributed by atoms with Gasteiger partial charge in [-0.3, -0.25) is 9.59 Å². The molecule has 2 heterocycles. The van der Waals surface area contributed by atoms with Crippen LogP contribution in [0.5, 0.6) is 11.5 Å². The van der Waals surface area contributed by atoms with Crippen molar-refractivity contribution < 1.29 is 19.1 Å². The fourth-order valence-corrected chi connectivity index (χ4v) is 3.52. The van der Waals surface area contributed by atoms with E-state index in [-0.39, 0.29) is 24.5 Å². The highest BCUT2D eigenvalue weighted by atomic mass is 16.7. The number of likely N-dealkylation sites (tertiary alicyclic amines) is 1. The molecule has 0 radical (unpaired) electrons. The highest BCUT2D eigenvalue weighted by Gasteiger charge is 2.27. The lowest BCUT2D eigenvalue weighted by Gasteiger charge is -2.30. The fraction of sp³-hybridized carbons (Fsp3) is 0.261. The summed E-state index contributed by atoms with van der Waals surface area (Å²) in [5.74, 6) is 1.04. The van der Waals surface area contributed by atoms with E-state index in [4.69, 9.17) is 14.7 Å². The molecular weight excluding hydrogens is 382 g/mol. The number of benzene rings is 2. The minimum Gasteiger partial charge on any atom is -0.454 e. The van der Waals surface area contributed by atoms with E-state index < -0.39 is 0 Å². The predicted molar refractivity (Wildman–Crippen MR) is 111 cm³/mol. The van der Waals surface area contributed by atoms with Crippen LogP contribution in [0.25, 0.3) is 6.08 Å². The summed E-state index contributed by atoms with van der Waals surface area (Å²) in [6, 6.07) is 14.4. The molecule has 0 saturated carbocycles. The van der Waals surface area contributed by atoms with Gasteiger partial charge in [-0.2, -0.15) is 5.26 Å². The third-order valence-electron chi connectivity index (χ3n) is 5.28. The fourth-order valence-electron chi connectivity index (χ4n) is 3.52. The van der Waals surface area contributed by atoms with Gasteiger partial charge >= 0.3 is 0 Å². The van der Waals surface area contributed by atoms with Crippen LogP contribution in [0.3, 0.4) is 0 Å². The molecule has 1 N–H and O–H groups in total. The van der Waals surface area contributed by atoms with Crippen molar-refractivity contribution in [3.8, 4) is 17.6 Å². The molecule has 0 bridgehead atoms. The van der Waals surface area contributed by atoms with E-state index in [9.17, 15) is 9.59 Å². The summed E-state index contributed by atoms with van der Waals surface area (Å²) in [5.41, 5.74) is 2.12. The number of fused-ring (bicyclic) bond motifs is 1. The Morgan fingerprint density at radius 3 is 2.53 bits per heavy atom. The van der Waals surface area contributed by atoms with Gasteiger partial charge in [0.2, 0.25) is 18.6 Å². The highest BCUT2D eigenvalue weighted by molar-refractivity contribution is 5.94. The molecule has 1 fully saturated rings. The average molecular weight is 403 g/mol. The summed E-state index contributed by atoms with van der Waals surface area (Å²) in [5, 5.41) is 11.8. The van der Waals surface area contributed by atoms with Crippen LogP contribution in [0.15, 0.2) is 48.5 Å². The Bertz CT molecular complexity index is 1020. The highest BCUT2D eigenvalue weighted by Crippen LogP contribution is 2.34. The molecule has 0 aliphatic carbocycles. The molecule has 0 atom stereocenters. The number of nitrogens with zero attached hydrogens (tertiary/aromatic N) is 2. The second-order valence-electron chi connectivity index (χ2n) is 7.22. The van der Waals surface area contributed by atoms with Gasteiger partial charge in [-0.15, -0.1) is 0 Å². The molecule has 1 saturated heterocycles. The van der Waals surface area contributed by atoms with Gasteiger partial charge in [0.1, 0.15) is 0 Å². The van der Waals surface area contributed by atoms with E-state index in [1.165, 1.54) is 6.08 Å². The normalized spacial score (nSPS) is 15.8. The number of carbonyl (C=O) groups is 2. The number of carbonyl (C=O) groups excluding carboxylic acids is 2. The number of nitriles is 1. The lowest BCUT2D eigenvalue weighted by Crippen LogP contribution is -2.40. The van der Waals surface area contributed by atoms with Gasteiger partial charge in [0.15, 0.2) is 11.5 Å². The van der Waals surface area contributed by atoms with Crippen molar-refractivity contribution in [2.45, 2.75) is 12.8 Å². The topological polar surface area (TPSA) is 91.7 Å². The second-order valence-corrected chi connectivity index (χ2v) is 7.22. The molecule has 2 amide bonds. The van der Waals surface area contributed by atoms with Crippen LogP contribution in [-0.4, -0.2) is 36.6 Å². The van der Waals surface area contributed by atoms with Crippen molar-refractivity contribution in [2.24, 2.45) is 5.92 Å². The Labute approximate surface area is 174 Å². The van der Waals surface area contributed by atoms with E-state index in [1.54, 1.807) is 53.4 Å². The minimum absolute atomic E-state index is 0.0471. The quantitative estimate of drug-likeness (QED) is 0.792. The molecule has 7 nitrogen and oxygen atoms in total. The first-order valence-corrected chi connectivity index (χ1v) is 9.80. The number of rotatable bonds is 4. The molecule has 0 aromatic heterocycles. The summed E-state index contributed by atoms with van der Waals surface area (Å²) in [6.45, 7) is 1.27. The van der Waals surface area contributed by atoms with Gasteiger partial charge in [-0.05, 0) is 48.7 Å². The van der Waals surface area contributed by atoms with Gasteiger partial charge < -0.3 is 19.7 Å². The molecule has 2 aromatic rings. The lowest BCUT2D eigenvalue weighted by atomic mass is 9.95. The van der Waals surface area contributed by atoms with E-state index >= 15 is 0 Å². The number of piperidine rings is 1. The zero-order valence-corrected chi connectivity index (χ0v) is 16.3. The van der Waals surface area contributed by atoms with Crippen molar-refractivity contribution >= 4 is 23.6 Å². The van der Waals surface area contributed by atoms with Crippen molar-refractivity contribution in [3.05, 3.63) is 59.7 Å². The zero-order chi connectivity index (χ0) is 20.9. The molecule has 2 aliphatic rings. The number of anilines is 1. The van der Waals surface area contributed by atoms with Crippen molar-refractivity contribution in [1.29, 1.82) is 5.26 Å². The maximum atomic E-state index is 12.6.